The summed E-state index contributed by atoms with van der Waals surface area (Å²) in [6.45, 7) is 0. The van der Waals surface area contributed by atoms with Gasteiger partial charge in [0.25, 0.3) is 0 Å². The third-order valence-electron chi connectivity index (χ3n) is 9.03. The van der Waals surface area contributed by atoms with Crippen LogP contribution < -0.4 is 0 Å². The van der Waals surface area contributed by atoms with Gasteiger partial charge in [-0.15, -0.1) is 0 Å². The van der Waals surface area contributed by atoms with Gasteiger partial charge < -0.3 is 0 Å². The van der Waals surface area contributed by atoms with Crippen LogP contribution in [0.15, 0.2) is 170 Å². The molecular weight excluding hydrogens is 585 g/mol. The zero-order valence-corrected chi connectivity index (χ0v) is 26.0. The molecule has 0 atom stereocenters. The van der Waals surface area contributed by atoms with Crippen molar-refractivity contribution >= 4 is 32.3 Å². The minimum atomic E-state index is 0.652. The highest BCUT2D eigenvalue weighted by atomic mass is 15.0. The van der Waals surface area contributed by atoms with Crippen LogP contribution in [0.4, 0.5) is 0 Å². The van der Waals surface area contributed by atoms with Crippen LogP contribution in [0.3, 0.4) is 0 Å². The summed E-state index contributed by atoms with van der Waals surface area (Å²) in [6, 6.07) is 55.2. The predicted octanol–water partition coefficient (Wildman–Crippen LogP) is 11.1. The lowest BCUT2D eigenvalue weighted by molar-refractivity contribution is 1.07. The first-order valence-electron chi connectivity index (χ1n) is 16.0. The van der Waals surface area contributed by atoms with Gasteiger partial charge in [0.2, 0.25) is 0 Å². The third kappa shape index (κ3) is 4.97. The summed E-state index contributed by atoms with van der Waals surface area (Å²) in [5.41, 5.74) is 7.59. The smallest absolute Gasteiger partial charge is 0.164 e. The number of nitrogens with zero attached hydrogens (tertiary/aromatic N) is 4. The standard InChI is InChI=1S/C44H28N4/c1-3-9-32(10-4-1)42-46-43(33-11-5-2-6-12-33)48-44(47-42)35-20-22-39-38-21-19-34(27-40(38)36-13-7-8-14-37(36)41(39)28-35)30-17-15-29(16-18-30)31-23-25-45-26-24-31/h1-28H. The van der Waals surface area contributed by atoms with Crippen LogP contribution in [0.5, 0.6) is 0 Å². The molecule has 4 heteroatoms. The van der Waals surface area contributed by atoms with E-state index in [-0.39, 0.29) is 0 Å². The Balaban J connectivity index is 1.19. The Morgan fingerprint density at radius 1 is 0.250 bits per heavy atom. The Morgan fingerprint density at radius 3 is 1.17 bits per heavy atom. The first-order valence-corrected chi connectivity index (χ1v) is 16.0. The van der Waals surface area contributed by atoms with Crippen molar-refractivity contribution in [3.8, 4) is 56.4 Å². The maximum absolute atomic E-state index is 4.99. The van der Waals surface area contributed by atoms with Gasteiger partial charge in [-0.1, -0.05) is 133 Å². The minimum Gasteiger partial charge on any atom is -0.265 e. The molecule has 224 valence electrons. The van der Waals surface area contributed by atoms with Crippen LogP contribution in [0, 0.1) is 0 Å². The SMILES string of the molecule is c1ccc(-c2nc(-c3ccccc3)nc(-c3ccc4c5ccc(-c6ccc(-c7ccncc7)cc6)cc5c5ccccc5c4c3)n2)cc1. The van der Waals surface area contributed by atoms with Gasteiger partial charge in [0, 0.05) is 29.1 Å². The number of fused-ring (bicyclic) bond motifs is 6. The van der Waals surface area contributed by atoms with Crippen molar-refractivity contribution in [2.75, 3.05) is 0 Å². The second-order valence-electron chi connectivity index (χ2n) is 11.9. The van der Waals surface area contributed by atoms with Crippen molar-refractivity contribution in [1.29, 1.82) is 0 Å². The monoisotopic (exact) mass is 612 g/mol. The first kappa shape index (κ1) is 27.8. The topological polar surface area (TPSA) is 51.6 Å². The zero-order chi connectivity index (χ0) is 31.9. The molecule has 9 rings (SSSR count). The molecule has 0 amide bonds. The maximum atomic E-state index is 4.99. The summed E-state index contributed by atoms with van der Waals surface area (Å²) in [5.74, 6) is 1.97. The van der Waals surface area contributed by atoms with E-state index in [2.05, 4.69) is 89.9 Å². The molecule has 2 heterocycles. The lowest BCUT2D eigenvalue weighted by atomic mass is 9.91. The fraction of sp³-hybridized carbons (Fsp3) is 0. The van der Waals surface area contributed by atoms with Crippen molar-refractivity contribution in [3.63, 3.8) is 0 Å². The van der Waals surface area contributed by atoms with Crippen molar-refractivity contribution in [2.45, 2.75) is 0 Å². The van der Waals surface area contributed by atoms with Gasteiger partial charge in [-0.2, -0.15) is 0 Å². The molecule has 0 N–H and O–H groups in total. The van der Waals surface area contributed by atoms with Crippen LogP contribution >= 0.6 is 0 Å². The molecule has 9 aromatic rings. The second kappa shape index (κ2) is 11.7. The summed E-state index contributed by atoms with van der Waals surface area (Å²) >= 11 is 0. The van der Waals surface area contributed by atoms with Crippen LogP contribution in [0.25, 0.3) is 88.7 Å². The first-order chi connectivity index (χ1) is 23.8. The van der Waals surface area contributed by atoms with Crippen LogP contribution in [-0.2, 0) is 0 Å². The molecule has 0 saturated carbocycles. The summed E-state index contributed by atoms with van der Waals surface area (Å²) < 4.78 is 0. The number of pyridine rings is 1. The van der Waals surface area contributed by atoms with E-state index in [0.29, 0.717) is 17.5 Å². The predicted molar refractivity (Wildman–Crippen MR) is 197 cm³/mol. The van der Waals surface area contributed by atoms with E-state index < -0.39 is 0 Å². The van der Waals surface area contributed by atoms with E-state index in [0.717, 1.165) is 22.3 Å². The van der Waals surface area contributed by atoms with Crippen LogP contribution in [-0.4, -0.2) is 19.9 Å². The zero-order valence-electron chi connectivity index (χ0n) is 26.0. The number of benzene rings is 7. The molecular formula is C44H28N4. The molecule has 0 aliphatic carbocycles. The Hall–Kier alpha value is -6.52. The molecule has 0 spiro atoms. The van der Waals surface area contributed by atoms with E-state index in [1.165, 1.54) is 49.0 Å². The molecule has 0 fully saturated rings. The van der Waals surface area contributed by atoms with Gasteiger partial charge in [0.1, 0.15) is 0 Å². The maximum Gasteiger partial charge on any atom is 0.164 e. The van der Waals surface area contributed by atoms with E-state index >= 15 is 0 Å². The molecule has 4 nitrogen and oxygen atoms in total. The summed E-state index contributed by atoms with van der Waals surface area (Å²) in [4.78, 5) is 19.0. The average Bonchev–Trinajstić information content (AvgIpc) is 3.18. The van der Waals surface area contributed by atoms with E-state index in [4.69, 9.17) is 15.0 Å². The number of hydrogen-bond acceptors (Lipinski definition) is 4. The van der Waals surface area contributed by atoms with Gasteiger partial charge in [-0.25, -0.2) is 15.0 Å². The van der Waals surface area contributed by atoms with Gasteiger partial charge in [0.15, 0.2) is 17.5 Å². The molecule has 0 aliphatic heterocycles. The molecule has 0 radical (unpaired) electrons. The molecule has 0 saturated heterocycles. The fourth-order valence-electron chi connectivity index (χ4n) is 6.61. The van der Waals surface area contributed by atoms with Crippen LogP contribution in [0.1, 0.15) is 0 Å². The fourth-order valence-corrected chi connectivity index (χ4v) is 6.61. The summed E-state index contributed by atoms with van der Waals surface area (Å²) in [7, 11) is 0. The molecule has 48 heavy (non-hydrogen) atoms. The van der Waals surface area contributed by atoms with Crippen molar-refractivity contribution in [1.82, 2.24) is 19.9 Å². The van der Waals surface area contributed by atoms with Crippen LogP contribution in [0.2, 0.25) is 0 Å². The minimum absolute atomic E-state index is 0.652. The Bertz CT molecular complexity index is 2500. The quantitative estimate of drug-likeness (QED) is 0.181. The highest BCUT2D eigenvalue weighted by Gasteiger charge is 2.15. The van der Waals surface area contributed by atoms with E-state index in [1.807, 2.05) is 85.2 Å². The Labute approximate surface area is 278 Å². The van der Waals surface area contributed by atoms with Crippen molar-refractivity contribution in [2.24, 2.45) is 0 Å². The van der Waals surface area contributed by atoms with Gasteiger partial charge in [0.05, 0.1) is 0 Å². The molecule has 0 aliphatic rings. The second-order valence-corrected chi connectivity index (χ2v) is 11.9. The molecule has 2 aromatic heterocycles. The summed E-state index contributed by atoms with van der Waals surface area (Å²) in [6.07, 6.45) is 3.66. The Morgan fingerprint density at radius 2 is 0.625 bits per heavy atom. The molecule has 0 bridgehead atoms. The van der Waals surface area contributed by atoms with E-state index in [9.17, 15) is 0 Å². The molecule has 7 aromatic carbocycles. The lowest BCUT2D eigenvalue weighted by Crippen LogP contribution is -2.00. The normalized spacial score (nSPS) is 11.3. The number of aromatic nitrogens is 4. The molecule has 0 unspecified atom stereocenters. The Kier molecular flexibility index (Phi) is 6.76. The van der Waals surface area contributed by atoms with Gasteiger partial charge in [-0.3, -0.25) is 4.98 Å². The van der Waals surface area contributed by atoms with Gasteiger partial charge in [-0.05, 0) is 78.8 Å². The van der Waals surface area contributed by atoms with Gasteiger partial charge >= 0.3 is 0 Å². The average molecular weight is 613 g/mol. The van der Waals surface area contributed by atoms with E-state index in [1.54, 1.807) is 0 Å². The third-order valence-corrected chi connectivity index (χ3v) is 9.03. The highest BCUT2D eigenvalue weighted by molar-refractivity contribution is 6.26. The summed E-state index contributed by atoms with van der Waals surface area (Å²) in [5, 5.41) is 7.25. The largest absolute Gasteiger partial charge is 0.265 e. The number of rotatable bonds is 5. The van der Waals surface area contributed by atoms with Crippen molar-refractivity contribution < 1.29 is 0 Å². The number of hydrogen-bond donors (Lipinski definition) is 0. The van der Waals surface area contributed by atoms with Crippen molar-refractivity contribution in [3.05, 3.63) is 170 Å². The highest BCUT2D eigenvalue weighted by Crippen LogP contribution is 2.39. The lowest BCUT2D eigenvalue weighted by Gasteiger charge is -2.14.